The first kappa shape index (κ1) is 13.8. The summed E-state index contributed by atoms with van der Waals surface area (Å²) in [6.07, 6.45) is -1.42. The molecule has 0 aliphatic carbocycles. The van der Waals surface area contributed by atoms with E-state index in [0.29, 0.717) is 18.3 Å². The lowest BCUT2D eigenvalue weighted by Gasteiger charge is -2.23. The molecule has 100 valence electrons. The summed E-state index contributed by atoms with van der Waals surface area (Å²) < 4.78 is 24.8. The van der Waals surface area contributed by atoms with Crippen LogP contribution in [0.5, 0.6) is 0 Å². The maximum Gasteiger partial charge on any atom is 0.251 e. The number of hydrogen-bond donors (Lipinski definition) is 1. The van der Waals surface area contributed by atoms with E-state index in [2.05, 4.69) is 12.1 Å². The van der Waals surface area contributed by atoms with Crippen molar-refractivity contribution in [2.45, 2.75) is 23.0 Å². The third kappa shape index (κ3) is 3.67. The van der Waals surface area contributed by atoms with Crippen molar-refractivity contribution in [2.24, 2.45) is 0 Å². The molecule has 0 bridgehead atoms. The molecule has 1 N–H and O–H groups in total. The summed E-state index contributed by atoms with van der Waals surface area (Å²) in [5.74, 6) is 0. The highest BCUT2D eigenvalue weighted by atomic mass is 32.2. The molecule has 1 aliphatic heterocycles. The molecule has 5 heteroatoms. The third-order valence-corrected chi connectivity index (χ3v) is 4.29. The highest BCUT2D eigenvalue weighted by molar-refractivity contribution is 8.00. The Balaban J connectivity index is 1.90. The smallest absolute Gasteiger partial charge is 0.251 e. The Labute approximate surface area is 110 Å². The van der Waals surface area contributed by atoms with E-state index in [1.54, 1.807) is 16.7 Å². The molecular formula is C13H17F2NOS. The van der Waals surface area contributed by atoms with Gasteiger partial charge in [-0.2, -0.15) is 0 Å². The van der Waals surface area contributed by atoms with Crippen molar-refractivity contribution in [2.75, 3.05) is 26.2 Å². The van der Waals surface area contributed by atoms with Crippen LogP contribution < -0.4 is 0 Å². The Morgan fingerprint density at radius 2 is 2.17 bits per heavy atom. The van der Waals surface area contributed by atoms with Gasteiger partial charge in [-0.05, 0) is 18.1 Å². The minimum atomic E-state index is -2.34. The fourth-order valence-corrected chi connectivity index (χ4v) is 3.60. The highest BCUT2D eigenvalue weighted by Gasteiger charge is 2.24. The first-order valence-corrected chi connectivity index (χ1v) is 6.93. The molecule has 1 aliphatic rings. The van der Waals surface area contributed by atoms with Crippen molar-refractivity contribution < 1.29 is 13.9 Å². The summed E-state index contributed by atoms with van der Waals surface area (Å²) in [5, 5.41) is 9.22. The highest BCUT2D eigenvalue weighted by Crippen LogP contribution is 2.37. The molecule has 1 aromatic carbocycles. The van der Waals surface area contributed by atoms with Crippen LogP contribution in [0.3, 0.4) is 0 Å². The molecule has 0 saturated carbocycles. The second-order valence-electron chi connectivity index (χ2n) is 4.43. The van der Waals surface area contributed by atoms with Gasteiger partial charge in [0, 0.05) is 23.2 Å². The number of fused-ring (bicyclic) bond motifs is 1. The van der Waals surface area contributed by atoms with E-state index in [1.807, 2.05) is 12.1 Å². The van der Waals surface area contributed by atoms with Crippen LogP contribution in [0.1, 0.15) is 5.56 Å². The lowest BCUT2D eigenvalue weighted by Crippen LogP contribution is -2.36. The molecule has 1 atom stereocenters. The van der Waals surface area contributed by atoms with Gasteiger partial charge in [-0.15, -0.1) is 11.8 Å². The fraction of sp³-hybridized carbons (Fsp3) is 0.538. The van der Waals surface area contributed by atoms with Gasteiger partial charge in [0.05, 0.1) is 13.2 Å². The van der Waals surface area contributed by atoms with Crippen LogP contribution in [-0.4, -0.2) is 47.9 Å². The number of aliphatic hydroxyl groups is 1. The van der Waals surface area contributed by atoms with E-state index < -0.39 is 6.43 Å². The number of halogens is 2. The van der Waals surface area contributed by atoms with Crippen molar-refractivity contribution in [1.29, 1.82) is 0 Å². The van der Waals surface area contributed by atoms with Gasteiger partial charge in [0.2, 0.25) is 0 Å². The molecule has 0 amide bonds. The maximum atomic E-state index is 12.4. The van der Waals surface area contributed by atoms with Crippen LogP contribution in [0.25, 0.3) is 0 Å². The lowest BCUT2D eigenvalue weighted by molar-refractivity contribution is 0.0787. The number of aliphatic hydroxyl groups excluding tert-OH is 1. The molecule has 0 fully saturated rings. The van der Waals surface area contributed by atoms with Crippen molar-refractivity contribution >= 4 is 11.8 Å². The Morgan fingerprint density at radius 1 is 1.39 bits per heavy atom. The van der Waals surface area contributed by atoms with Crippen molar-refractivity contribution in [3.8, 4) is 0 Å². The predicted octanol–water partition coefficient (Wildman–Crippen LogP) is 2.26. The third-order valence-electron chi connectivity index (χ3n) is 2.99. The number of rotatable bonds is 6. The molecule has 2 rings (SSSR count). The zero-order valence-corrected chi connectivity index (χ0v) is 10.9. The van der Waals surface area contributed by atoms with Gasteiger partial charge in [0.15, 0.2) is 0 Å². The number of alkyl halides is 2. The van der Waals surface area contributed by atoms with Crippen LogP contribution in [0.2, 0.25) is 0 Å². The van der Waals surface area contributed by atoms with E-state index in [0.717, 1.165) is 6.42 Å². The van der Waals surface area contributed by atoms with E-state index in [9.17, 15) is 8.78 Å². The van der Waals surface area contributed by atoms with Gasteiger partial charge in [0.1, 0.15) is 0 Å². The van der Waals surface area contributed by atoms with Crippen molar-refractivity contribution in [3.63, 3.8) is 0 Å². The molecule has 1 heterocycles. The molecular weight excluding hydrogens is 256 g/mol. The molecule has 1 aromatic rings. The Kier molecular flexibility index (Phi) is 4.97. The standard InChI is InChI=1S/C13H17F2NOS/c14-13(15)9-16(5-6-17)8-11-7-10-3-1-2-4-12(10)18-11/h1-4,11,13,17H,5-9H2. The van der Waals surface area contributed by atoms with Crippen LogP contribution >= 0.6 is 11.8 Å². The summed E-state index contributed by atoms with van der Waals surface area (Å²) >= 11 is 1.75. The van der Waals surface area contributed by atoms with Gasteiger partial charge in [-0.1, -0.05) is 18.2 Å². The minimum absolute atomic E-state index is 0.0724. The average Bonchev–Trinajstić information content (AvgIpc) is 2.70. The van der Waals surface area contributed by atoms with E-state index in [-0.39, 0.29) is 13.2 Å². The Bertz CT molecular complexity index is 364. The van der Waals surface area contributed by atoms with Gasteiger partial charge < -0.3 is 5.11 Å². The maximum absolute atomic E-state index is 12.4. The Morgan fingerprint density at radius 3 is 2.83 bits per heavy atom. The molecule has 0 radical (unpaired) electrons. The quantitative estimate of drug-likeness (QED) is 0.860. The molecule has 0 aromatic heterocycles. The summed E-state index contributed by atoms with van der Waals surface area (Å²) in [4.78, 5) is 2.90. The average molecular weight is 273 g/mol. The largest absolute Gasteiger partial charge is 0.395 e. The fourth-order valence-electron chi connectivity index (χ4n) is 2.24. The zero-order chi connectivity index (χ0) is 13.0. The number of hydrogen-bond acceptors (Lipinski definition) is 3. The first-order valence-electron chi connectivity index (χ1n) is 6.05. The lowest BCUT2D eigenvalue weighted by atomic mass is 10.1. The molecule has 2 nitrogen and oxygen atoms in total. The van der Waals surface area contributed by atoms with Crippen LogP contribution in [-0.2, 0) is 6.42 Å². The molecule has 1 unspecified atom stereocenters. The number of nitrogens with zero attached hydrogens (tertiary/aromatic N) is 1. The minimum Gasteiger partial charge on any atom is -0.395 e. The molecule has 0 spiro atoms. The molecule has 0 saturated heterocycles. The number of thioether (sulfide) groups is 1. The van der Waals surface area contributed by atoms with Crippen LogP contribution in [0.4, 0.5) is 8.78 Å². The summed E-state index contributed by atoms with van der Waals surface area (Å²) in [5.41, 5.74) is 1.30. The Hall–Kier alpha value is -0.650. The van der Waals surface area contributed by atoms with E-state index in [1.165, 1.54) is 10.5 Å². The monoisotopic (exact) mass is 273 g/mol. The summed E-state index contributed by atoms with van der Waals surface area (Å²) in [7, 11) is 0. The summed E-state index contributed by atoms with van der Waals surface area (Å²) in [6, 6.07) is 8.17. The zero-order valence-electron chi connectivity index (χ0n) is 10.1. The SMILES string of the molecule is OCCN(CC(F)F)CC1Cc2ccccc2S1. The first-order chi connectivity index (χ1) is 8.69. The van der Waals surface area contributed by atoms with Crippen LogP contribution in [0, 0.1) is 0 Å². The second-order valence-corrected chi connectivity index (χ2v) is 5.77. The van der Waals surface area contributed by atoms with E-state index >= 15 is 0 Å². The van der Waals surface area contributed by atoms with Crippen LogP contribution in [0.15, 0.2) is 29.2 Å². The van der Waals surface area contributed by atoms with Gasteiger partial charge in [0.25, 0.3) is 6.43 Å². The van der Waals surface area contributed by atoms with Gasteiger partial charge in [-0.3, -0.25) is 4.90 Å². The molecule has 18 heavy (non-hydrogen) atoms. The second kappa shape index (κ2) is 6.50. The number of benzene rings is 1. The van der Waals surface area contributed by atoms with Gasteiger partial charge in [-0.25, -0.2) is 8.78 Å². The van der Waals surface area contributed by atoms with Gasteiger partial charge >= 0.3 is 0 Å². The topological polar surface area (TPSA) is 23.5 Å². The van der Waals surface area contributed by atoms with Crippen molar-refractivity contribution in [1.82, 2.24) is 4.90 Å². The normalized spacial score (nSPS) is 18.6. The summed E-state index contributed by atoms with van der Waals surface area (Å²) in [6.45, 7) is 0.590. The van der Waals surface area contributed by atoms with Crippen molar-refractivity contribution in [3.05, 3.63) is 29.8 Å². The predicted molar refractivity (Wildman–Crippen MR) is 69.3 cm³/mol. The van der Waals surface area contributed by atoms with E-state index in [4.69, 9.17) is 5.11 Å².